The summed E-state index contributed by atoms with van der Waals surface area (Å²) in [6, 6.07) is 6.23. The van der Waals surface area contributed by atoms with E-state index in [-0.39, 0.29) is 11.3 Å². The molecule has 33 heavy (non-hydrogen) atoms. The van der Waals surface area contributed by atoms with E-state index in [1.54, 1.807) is 0 Å². The van der Waals surface area contributed by atoms with Crippen LogP contribution in [0.3, 0.4) is 0 Å². The van der Waals surface area contributed by atoms with Gasteiger partial charge < -0.3 is 20.1 Å². The molecule has 0 spiro atoms. The van der Waals surface area contributed by atoms with Gasteiger partial charge in [-0.25, -0.2) is 17.9 Å². The van der Waals surface area contributed by atoms with Crippen LogP contribution in [-0.4, -0.2) is 60.7 Å². The monoisotopic (exact) mass is 481 g/mol. The van der Waals surface area contributed by atoms with Gasteiger partial charge in [0.1, 0.15) is 35.5 Å². The molecule has 4 rings (SSSR count). The molecule has 3 aromatic rings. The number of benzene rings is 2. The van der Waals surface area contributed by atoms with Crippen molar-refractivity contribution in [3.8, 4) is 11.3 Å². The number of halogens is 3. The Morgan fingerprint density at radius 3 is 2.36 bits per heavy atom. The molecule has 176 valence electrons. The van der Waals surface area contributed by atoms with Crippen molar-refractivity contribution in [2.75, 3.05) is 6.61 Å². The van der Waals surface area contributed by atoms with Crippen LogP contribution in [0.1, 0.15) is 17.2 Å². The summed E-state index contributed by atoms with van der Waals surface area (Å²) in [6.07, 6.45) is -2.36. The lowest BCUT2D eigenvalue weighted by Gasteiger charge is -2.41. The van der Waals surface area contributed by atoms with Gasteiger partial charge in [-0.3, -0.25) is 0 Å². The molecular weight excluding hydrogens is 459 g/mol. The van der Waals surface area contributed by atoms with Crippen molar-refractivity contribution < 1.29 is 33.2 Å². The zero-order chi connectivity index (χ0) is 23.9. The van der Waals surface area contributed by atoms with Gasteiger partial charge in [0.2, 0.25) is 0 Å². The fourth-order valence-electron chi connectivity index (χ4n) is 3.66. The maximum absolute atomic E-state index is 13.6. The molecule has 1 saturated heterocycles. The zero-order valence-corrected chi connectivity index (χ0v) is 18.5. The van der Waals surface area contributed by atoms with Gasteiger partial charge in [0, 0.05) is 10.5 Å². The predicted molar refractivity (Wildman–Crippen MR) is 114 cm³/mol. The van der Waals surface area contributed by atoms with Crippen molar-refractivity contribution in [2.24, 2.45) is 0 Å². The van der Waals surface area contributed by atoms with Gasteiger partial charge in [0.15, 0.2) is 17.5 Å². The fraction of sp³-hybridized carbons (Fsp3) is 0.364. The number of aromatic nitrogens is 3. The summed E-state index contributed by atoms with van der Waals surface area (Å²) >= 11 is 1.23. The minimum absolute atomic E-state index is 0.0117. The molecule has 2 aromatic carbocycles. The number of hydrogen-bond donors (Lipinski definition) is 3. The smallest absolute Gasteiger partial charge is 0.194 e. The predicted octanol–water partition coefficient (Wildman–Crippen LogP) is 2.75. The molecule has 7 nitrogen and oxygen atoms in total. The summed E-state index contributed by atoms with van der Waals surface area (Å²) in [5.41, 5.74) is 1.26. The summed E-state index contributed by atoms with van der Waals surface area (Å²) < 4.78 is 47.4. The molecule has 1 fully saturated rings. The second kappa shape index (κ2) is 9.43. The molecular formula is C22H22F3N3O4S. The van der Waals surface area contributed by atoms with Crippen LogP contribution in [0.4, 0.5) is 13.2 Å². The van der Waals surface area contributed by atoms with Crippen molar-refractivity contribution in [2.45, 2.75) is 48.5 Å². The SMILES string of the molecule is Cc1ccc(SC2OC(CO)C(O)C(n3cc(-c4cc(F)c(F)c(F)c4)nn3)C2O)cc1C. The maximum atomic E-state index is 13.6. The summed E-state index contributed by atoms with van der Waals surface area (Å²) in [6.45, 7) is 3.42. The number of aliphatic hydroxyl groups excluding tert-OH is 3. The molecule has 1 aromatic heterocycles. The van der Waals surface area contributed by atoms with Crippen molar-refractivity contribution in [1.82, 2.24) is 15.0 Å². The lowest BCUT2D eigenvalue weighted by molar-refractivity contribution is -0.178. The van der Waals surface area contributed by atoms with Gasteiger partial charge in [-0.2, -0.15) is 0 Å². The van der Waals surface area contributed by atoms with Crippen LogP contribution in [0.5, 0.6) is 0 Å². The average molecular weight is 481 g/mol. The summed E-state index contributed by atoms with van der Waals surface area (Å²) in [5, 5.41) is 39.2. The molecule has 2 heterocycles. The van der Waals surface area contributed by atoms with E-state index in [9.17, 15) is 28.5 Å². The number of thioether (sulfide) groups is 1. The molecule has 1 aliphatic heterocycles. The molecule has 0 amide bonds. The first-order chi connectivity index (χ1) is 15.7. The Bertz CT molecular complexity index is 1140. The standard InChI is InChI=1S/C22H22F3N3O4S/c1-10-3-4-13(5-11(10)2)33-22-21(31)19(20(30)17(9-29)32-22)28-8-16(26-27-28)12-6-14(23)18(25)15(24)7-12/h3-8,17,19-22,29-31H,9H2,1-2H3. The van der Waals surface area contributed by atoms with Crippen molar-refractivity contribution >= 4 is 11.8 Å². The van der Waals surface area contributed by atoms with Crippen LogP contribution in [0.25, 0.3) is 11.3 Å². The highest BCUT2D eigenvalue weighted by Crippen LogP contribution is 2.38. The molecule has 5 atom stereocenters. The second-order valence-corrected chi connectivity index (χ2v) is 9.07. The molecule has 0 radical (unpaired) electrons. The number of aliphatic hydroxyl groups is 3. The van der Waals surface area contributed by atoms with Crippen molar-refractivity contribution in [3.05, 3.63) is 65.1 Å². The van der Waals surface area contributed by atoms with E-state index in [4.69, 9.17) is 4.74 Å². The normalized spacial score (nSPS) is 25.4. The zero-order valence-electron chi connectivity index (χ0n) is 17.7. The Labute approximate surface area is 191 Å². The lowest BCUT2D eigenvalue weighted by atomic mass is 9.97. The van der Waals surface area contributed by atoms with E-state index in [1.807, 2.05) is 32.0 Å². The van der Waals surface area contributed by atoms with Gasteiger partial charge in [0.05, 0.1) is 12.8 Å². The minimum Gasteiger partial charge on any atom is -0.394 e. The van der Waals surface area contributed by atoms with Gasteiger partial charge in [-0.1, -0.05) is 23.0 Å². The number of ether oxygens (including phenoxy) is 1. The first-order valence-corrected chi connectivity index (χ1v) is 11.0. The Kier molecular flexibility index (Phi) is 6.78. The van der Waals surface area contributed by atoms with E-state index in [0.717, 1.165) is 32.8 Å². The lowest BCUT2D eigenvalue weighted by Crippen LogP contribution is -2.55. The average Bonchev–Trinajstić information content (AvgIpc) is 3.26. The summed E-state index contributed by atoms with van der Waals surface area (Å²) in [4.78, 5) is 0.825. The van der Waals surface area contributed by atoms with E-state index in [0.29, 0.717) is 0 Å². The Morgan fingerprint density at radius 1 is 1.03 bits per heavy atom. The Morgan fingerprint density at radius 2 is 1.73 bits per heavy atom. The van der Waals surface area contributed by atoms with Crippen LogP contribution in [0.15, 0.2) is 41.4 Å². The highest BCUT2D eigenvalue weighted by Gasteiger charge is 2.46. The maximum Gasteiger partial charge on any atom is 0.194 e. The number of nitrogens with zero attached hydrogens (tertiary/aromatic N) is 3. The first-order valence-electron chi connectivity index (χ1n) is 10.1. The molecule has 5 unspecified atom stereocenters. The first kappa shape index (κ1) is 23.7. The van der Waals surface area contributed by atoms with Crippen LogP contribution >= 0.6 is 11.8 Å². The van der Waals surface area contributed by atoms with E-state index < -0.39 is 53.8 Å². The molecule has 11 heteroatoms. The third kappa shape index (κ3) is 4.64. The Hall–Kier alpha value is -2.44. The van der Waals surface area contributed by atoms with E-state index in [2.05, 4.69) is 10.3 Å². The molecule has 0 saturated carbocycles. The van der Waals surface area contributed by atoms with E-state index in [1.165, 1.54) is 18.0 Å². The Balaban J connectivity index is 1.63. The van der Waals surface area contributed by atoms with Gasteiger partial charge in [0.25, 0.3) is 0 Å². The van der Waals surface area contributed by atoms with Crippen molar-refractivity contribution in [1.29, 1.82) is 0 Å². The van der Waals surface area contributed by atoms with Crippen LogP contribution in [0, 0.1) is 31.3 Å². The van der Waals surface area contributed by atoms with Crippen LogP contribution in [0.2, 0.25) is 0 Å². The van der Waals surface area contributed by atoms with Gasteiger partial charge in [-0.05, 0) is 49.2 Å². The second-order valence-electron chi connectivity index (χ2n) is 7.90. The summed E-state index contributed by atoms with van der Waals surface area (Å²) in [7, 11) is 0. The highest BCUT2D eigenvalue weighted by molar-refractivity contribution is 7.99. The topological polar surface area (TPSA) is 101 Å². The molecule has 3 N–H and O–H groups in total. The van der Waals surface area contributed by atoms with Gasteiger partial charge in [-0.15, -0.1) is 5.10 Å². The third-order valence-electron chi connectivity index (χ3n) is 5.67. The number of hydrogen-bond acceptors (Lipinski definition) is 7. The molecule has 1 aliphatic rings. The van der Waals surface area contributed by atoms with Crippen molar-refractivity contribution in [3.63, 3.8) is 0 Å². The highest BCUT2D eigenvalue weighted by atomic mass is 32.2. The van der Waals surface area contributed by atoms with Gasteiger partial charge >= 0.3 is 0 Å². The largest absolute Gasteiger partial charge is 0.394 e. The van der Waals surface area contributed by atoms with Crippen LogP contribution in [-0.2, 0) is 4.74 Å². The molecule has 0 aliphatic carbocycles. The quantitative estimate of drug-likeness (QED) is 0.482. The molecule has 0 bridgehead atoms. The minimum atomic E-state index is -1.60. The fourth-order valence-corrected chi connectivity index (χ4v) is 4.82. The van der Waals surface area contributed by atoms with Crippen LogP contribution < -0.4 is 0 Å². The number of aryl methyl sites for hydroxylation is 2. The third-order valence-corrected chi connectivity index (χ3v) is 6.82. The number of rotatable bonds is 5. The van der Waals surface area contributed by atoms with E-state index >= 15 is 0 Å². The summed E-state index contributed by atoms with van der Waals surface area (Å²) in [5.74, 6) is -4.36.